The highest BCUT2D eigenvalue weighted by Crippen LogP contribution is 2.19. The molecule has 0 radical (unpaired) electrons. The van der Waals surface area contributed by atoms with Crippen LogP contribution in [0.1, 0.15) is 73.6 Å². The molecule has 0 fully saturated rings. The van der Waals surface area contributed by atoms with E-state index in [4.69, 9.17) is 9.16 Å². The molecule has 6 heteroatoms. The average Bonchev–Trinajstić information content (AvgIpc) is 2.72. The largest absolute Gasteiger partial charge is 0.443 e. The summed E-state index contributed by atoms with van der Waals surface area (Å²) in [6.45, 7) is 18.7. The molecule has 1 aliphatic heterocycles. The van der Waals surface area contributed by atoms with Crippen LogP contribution in [0.3, 0.4) is 0 Å². The topological polar surface area (TPSA) is 55.8 Å². The van der Waals surface area contributed by atoms with E-state index in [-0.39, 0.29) is 17.9 Å². The summed E-state index contributed by atoms with van der Waals surface area (Å²) >= 11 is 0. The van der Waals surface area contributed by atoms with Gasteiger partial charge in [0.25, 0.3) is 5.91 Å². The summed E-state index contributed by atoms with van der Waals surface area (Å²) in [4.78, 5) is 27.0. The third kappa shape index (κ3) is 15.0. The van der Waals surface area contributed by atoms with Gasteiger partial charge in [0.2, 0.25) is 0 Å². The third-order valence-electron chi connectivity index (χ3n) is 5.41. The monoisotopic (exact) mass is 515 g/mol. The fourth-order valence-corrected chi connectivity index (χ4v) is 5.01. The van der Waals surface area contributed by atoms with E-state index in [1.807, 2.05) is 12.2 Å². The lowest BCUT2D eigenvalue weighted by Crippen LogP contribution is -2.42. The number of carbonyl (C=O) groups excluding carboxylic acids is 2. The van der Waals surface area contributed by atoms with Crippen molar-refractivity contribution in [1.29, 1.82) is 0 Å². The molecule has 0 aromatic carbocycles. The zero-order valence-corrected chi connectivity index (χ0v) is 25.1. The van der Waals surface area contributed by atoms with Crippen molar-refractivity contribution >= 4 is 20.3 Å². The van der Waals surface area contributed by atoms with Crippen molar-refractivity contribution in [3.8, 4) is 0 Å². The van der Waals surface area contributed by atoms with Crippen LogP contribution in [0.2, 0.25) is 19.6 Å². The Morgan fingerprint density at radius 2 is 1.72 bits per heavy atom. The van der Waals surface area contributed by atoms with Gasteiger partial charge in [-0.3, -0.25) is 4.79 Å². The average molecular weight is 516 g/mol. The van der Waals surface area contributed by atoms with E-state index >= 15 is 0 Å². The van der Waals surface area contributed by atoms with Crippen LogP contribution in [0.25, 0.3) is 0 Å². The highest BCUT2D eigenvalue weighted by molar-refractivity contribution is 6.69. The van der Waals surface area contributed by atoms with E-state index in [9.17, 15) is 9.59 Å². The molecule has 202 valence electrons. The van der Waals surface area contributed by atoms with Crippen molar-refractivity contribution in [3.05, 3.63) is 59.8 Å². The molecule has 0 saturated heterocycles. The fraction of sp³-hybridized carbons (Fsp3) is 0.600. The molecule has 1 heterocycles. The second kappa shape index (κ2) is 15.2. The molecular weight excluding hydrogens is 466 g/mol. The zero-order chi connectivity index (χ0) is 27.4. The van der Waals surface area contributed by atoms with Gasteiger partial charge in [0.05, 0.1) is 6.10 Å². The predicted octanol–water partition coefficient (Wildman–Crippen LogP) is 8.13. The second-order valence-corrected chi connectivity index (χ2v) is 16.4. The Balaban J connectivity index is 3.16. The van der Waals surface area contributed by atoms with E-state index in [2.05, 4.69) is 64.7 Å². The van der Waals surface area contributed by atoms with E-state index in [0.717, 1.165) is 32.1 Å². The summed E-state index contributed by atoms with van der Waals surface area (Å²) in [6.07, 6.45) is 19.6. The van der Waals surface area contributed by atoms with Crippen LogP contribution in [0, 0.1) is 5.92 Å². The van der Waals surface area contributed by atoms with Crippen LogP contribution in [-0.4, -0.2) is 43.5 Å². The van der Waals surface area contributed by atoms with Crippen LogP contribution in [-0.2, 0) is 14.0 Å². The molecule has 1 rings (SSSR count). The summed E-state index contributed by atoms with van der Waals surface area (Å²) in [5.74, 6) is -0.215. The fourth-order valence-electron chi connectivity index (χ4n) is 3.82. The van der Waals surface area contributed by atoms with Crippen molar-refractivity contribution in [2.24, 2.45) is 5.92 Å². The van der Waals surface area contributed by atoms with Gasteiger partial charge in [0, 0.05) is 12.6 Å². The first-order valence-corrected chi connectivity index (χ1v) is 16.6. The van der Waals surface area contributed by atoms with E-state index in [1.165, 1.54) is 22.1 Å². The summed E-state index contributed by atoms with van der Waals surface area (Å²) in [5.41, 5.74) is 2.00. The molecule has 1 aliphatic rings. The minimum atomic E-state index is -1.70. The van der Waals surface area contributed by atoms with Gasteiger partial charge >= 0.3 is 6.09 Å². The Bertz CT molecular complexity index is 868. The molecule has 5 nitrogen and oxygen atoms in total. The van der Waals surface area contributed by atoms with Gasteiger partial charge in [0.15, 0.2) is 8.32 Å². The van der Waals surface area contributed by atoms with Gasteiger partial charge in [-0.05, 0) is 92.3 Å². The standard InChI is InChI=1S/C30H49NO4Si/c1-24-16-12-10-13-17-26(3)23-31(29(33)34-30(4,5)6)28(32)19-15-11-14-18-27(35-36(7,8)9)21-20-25(2)22-24/h10-12,14-16,19-20,26-27H,13,17-18,21-23H2,1-9H3/b12-10+,14-11+,19-15+,24-16+,25-20+/t26-,27+/m0/s1. The molecular formula is C30H49NO4Si. The van der Waals surface area contributed by atoms with Crippen LogP contribution >= 0.6 is 0 Å². The predicted molar refractivity (Wildman–Crippen MR) is 153 cm³/mol. The smallest absolute Gasteiger partial charge is 0.417 e. The van der Waals surface area contributed by atoms with Crippen molar-refractivity contribution in [3.63, 3.8) is 0 Å². The Hall–Kier alpha value is -2.18. The van der Waals surface area contributed by atoms with Crippen LogP contribution in [0.4, 0.5) is 4.79 Å². The van der Waals surface area contributed by atoms with E-state index in [0.29, 0.717) is 6.54 Å². The molecule has 0 spiro atoms. The molecule has 0 aromatic rings. The second-order valence-electron chi connectivity index (χ2n) is 11.9. The quantitative estimate of drug-likeness (QED) is 0.275. The van der Waals surface area contributed by atoms with Crippen molar-refractivity contribution in [2.45, 2.75) is 105 Å². The van der Waals surface area contributed by atoms with Gasteiger partial charge in [0.1, 0.15) is 5.60 Å². The Morgan fingerprint density at radius 1 is 1.03 bits per heavy atom. The number of hydrogen-bond acceptors (Lipinski definition) is 4. The van der Waals surface area contributed by atoms with Crippen molar-refractivity contribution in [1.82, 2.24) is 4.90 Å². The number of nitrogens with zero attached hydrogens (tertiary/aromatic N) is 1. The molecule has 0 saturated carbocycles. The number of allylic oxidation sites excluding steroid dienone is 7. The van der Waals surface area contributed by atoms with Crippen LogP contribution in [0.5, 0.6) is 0 Å². The lowest BCUT2D eigenvalue weighted by atomic mass is 10.0. The zero-order valence-electron chi connectivity index (χ0n) is 24.1. The van der Waals surface area contributed by atoms with Crippen LogP contribution in [0.15, 0.2) is 59.8 Å². The van der Waals surface area contributed by atoms with Crippen molar-refractivity contribution in [2.75, 3.05) is 6.54 Å². The van der Waals surface area contributed by atoms with Gasteiger partial charge in [-0.1, -0.05) is 60.6 Å². The first-order chi connectivity index (χ1) is 16.7. The molecule has 2 atom stereocenters. The SMILES string of the molecule is C/C1=C\C=C\CC[C@H](C)CN(C(=O)OC(C)(C)C)C(=O)/C=C/C=C/C[C@@H](O[Si](C)(C)C)C/C=C(\C)C1. The maximum Gasteiger partial charge on any atom is 0.417 e. The highest BCUT2D eigenvalue weighted by atomic mass is 28.4. The van der Waals surface area contributed by atoms with Crippen LogP contribution < -0.4 is 0 Å². The molecule has 0 bridgehead atoms. The summed E-state index contributed by atoms with van der Waals surface area (Å²) in [6, 6.07) is 0. The molecule has 36 heavy (non-hydrogen) atoms. The highest BCUT2D eigenvalue weighted by Gasteiger charge is 2.27. The van der Waals surface area contributed by atoms with E-state index in [1.54, 1.807) is 26.8 Å². The van der Waals surface area contributed by atoms with Gasteiger partial charge in [-0.15, -0.1) is 0 Å². The summed E-state index contributed by atoms with van der Waals surface area (Å²) < 4.78 is 11.9. The molecule has 0 aromatic heterocycles. The molecule has 0 N–H and O–H groups in total. The molecule has 0 aliphatic carbocycles. The number of rotatable bonds is 2. The number of imide groups is 1. The van der Waals surface area contributed by atoms with E-state index < -0.39 is 20.0 Å². The third-order valence-corrected chi connectivity index (χ3v) is 6.45. The lowest BCUT2D eigenvalue weighted by molar-refractivity contribution is -0.125. The van der Waals surface area contributed by atoms with Gasteiger partial charge < -0.3 is 9.16 Å². The lowest BCUT2D eigenvalue weighted by Gasteiger charge is -2.27. The van der Waals surface area contributed by atoms with Crippen molar-refractivity contribution < 1.29 is 18.8 Å². The first kappa shape index (κ1) is 31.8. The number of ether oxygens (including phenoxy) is 1. The summed E-state index contributed by atoms with van der Waals surface area (Å²) in [5, 5.41) is 0. The minimum Gasteiger partial charge on any atom is -0.443 e. The Kier molecular flexibility index (Phi) is 13.4. The normalized spacial score (nSPS) is 27.7. The van der Waals surface area contributed by atoms with Gasteiger partial charge in [-0.2, -0.15) is 0 Å². The first-order valence-electron chi connectivity index (χ1n) is 13.2. The Morgan fingerprint density at radius 3 is 2.36 bits per heavy atom. The maximum atomic E-state index is 12.9. The number of hydrogen-bond donors (Lipinski definition) is 0. The number of carbonyl (C=O) groups is 2. The molecule has 0 unspecified atom stereocenters. The number of amides is 2. The van der Waals surface area contributed by atoms with Gasteiger partial charge in [-0.25, -0.2) is 9.69 Å². The summed E-state index contributed by atoms with van der Waals surface area (Å²) in [7, 11) is -1.70. The Labute approximate surface area is 221 Å². The molecule has 2 amide bonds. The minimum absolute atomic E-state index is 0.0980. The maximum absolute atomic E-state index is 12.9.